The summed E-state index contributed by atoms with van der Waals surface area (Å²) in [6, 6.07) is 7.75. The summed E-state index contributed by atoms with van der Waals surface area (Å²) in [6.45, 7) is 4.11. The Morgan fingerprint density at radius 2 is 2.06 bits per heavy atom. The van der Waals surface area contributed by atoms with Gasteiger partial charge in [0, 0.05) is 10.9 Å². The predicted octanol–water partition coefficient (Wildman–Crippen LogP) is 2.85. The van der Waals surface area contributed by atoms with E-state index in [2.05, 4.69) is 35.1 Å². The van der Waals surface area contributed by atoms with Crippen LogP contribution in [-0.2, 0) is 9.59 Å². The summed E-state index contributed by atoms with van der Waals surface area (Å²) in [5, 5.41) is 2.44. The van der Waals surface area contributed by atoms with Crippen LogP contribution in [0.3, 0.4) is 0 Å². The Labute approximate surface area is 115 Å². The third-order valence-corrected chi connectivity index (χ3v) is 3.95. The zero-order valence-corrected chi connectivity index (χ0v) is 12.0. The number of benzene rings is 1. The van der Waals surface area contributed by atoms with E-state index in [9.17, 15) is 9.59 Å². The van der Waals surface area contributed by atoms with Crippen LogP contribution >= 0.6 is 15.9 Å². The number of imide groups is 1. The van der Waals surface area contributed by atoms with Crippen molar-refractivity contribution in [3.63, 3.8) is 0 Å². The summed E-state index contributed by atoms with van der Waals surface area (Å²) >= 11 is 3.42. The molecule has 2 rings (SSSR count). The molecule has 1 N–H and O–H groups in total. The average Bonchev–Trinajstić information content (AvgIpc) is 2.27. The summed E-state index contributed by atoms with van der Waals surface area (Å²) in [5.41, 5.74) is 0.966. The number of carbonyl (C=O) groups excluding carboxylic acids is 2. The fourth-order valence-corrected chi connectivity index (χ4v) is 2.93. The highest BCUT2D eigenvalue weighted by Crippen LogP contribution is 2.36. The average molecular weight is 310 g/mol. The molecule has 1 aromatic rings. The molecule has 1 aromatic carbocycles. The summed E-state index contributed by atoms with van der Waals surface area (Å²) in [7, 11) is 0. The molecule has 0 aromatic heterocycles. The molecule has 18 heavy (non-hydrogen) atoms. The van der Waals surface area contributed by atoms with E-state index in [1.54, 1.807) is 0 Å². The summed E-state index contributed by atoms with van der Waals surface area (Å²) in [6.07, 6.45) is 0.417. The van der Waals surface area contributed by atoms with Gasteiger partial charge in [-0.3, -0.25) is 14.9 Å². The molecule has 0 radical (unpaired) electrons. The summed E-state index contributed by atoms with van der Waals surface area (Å²) in [4.78, 5) is 23.6. The van der Waals surface area contributed by atoms with E-state index in [-0.39, 0.29) is 23.7 Å². The molecule has 0 aliphatic carbocycles. The van der Waals surface area contributed by atoms with Crippen molar-refractivity contribution in [2.45, 2.75) is 26.2 Å². The van der Waals surface area contributed by atoms with Gasteiger partial charge in [-0.05, 0) is 29.5 Å². The minimum absolute atomic E-state index is 0.0700. The second-order valence-corrected chi connectivity index (χ2v) is 5.97. The monoisotopic (exact) mass is 309 g/mol. The van der Waals surface area contributed by atoms with Crippen LogP contribution in [0.1, 0.15) is 31.7 Å². The van der Waals surface area contributed by atoms with E-state index in [4.69, 9.17) is 0 Å². The van der Waals surface area contributed by atoms with E-state index in [0.29, 0.717) is 12.3 Å². The lowest BCUT2D eigenvalue weighted by Gasteiger charge is -2.33. The van der Waals surface area contributed by atoms with Crippen molar-refractivity contribution in [2.75, 3.05) is 0 Å². The minimum atomic E-state index is -0.236. The second kappa shape index (κ2) is 5.22. The van der Waals surface area contributed by atoms with Gasteiger partial charge in [-0.1, -0.05) is 41.9 Å². The molecular formula is C14H16BrNO2. The number of piperidine rings is 1. The Morgan fingerprint density at radius 1 is 1.33 bits per heavy atom. The molecule has 2 amide bonds. The van der Waals surface area contributed by atoms with Crippen LogP contribution < -0.4 is 5.32 Å². The van der Waals surface area contributed by atoms with Crippen molar-refractivity contribution in [3.8, 4) is 0 Å². The smallest absolute Gasteiger partial charge is 0.234 e. The quantitative estimate of drug-likeness (QED) is 0.854. The van der Waals surface area contributed by atoms with Crippen LogP contribution in [-0.4, -0.2) is 11.8 Å². The van der Waals surface area contributed by atoms with Crippen molar-refractivity contribution >= 4 is 27.7 Å². The highest BCUT2D eigenvalue weighted by molar-refractivity contribution is 9.10. The second-order valence-electron chi connectivity index (χ2n) is 5.06. The van der Waals surface area contributed by atoms with Gasteiger partial charge >= 0.3 is 0 Å². The van der Waals surface area contributed by atoms with Gasteiger partial charge in [-0.2, -0.15) is 0 Å². The molecule has 2 atom stereocenters. The zero-order chi connectivity index (χ0) is 13.3. The van der Waals surface area contributed by atoms with Crippen molar-refractivity contribution in [1.29, 1.82) is 0 Å². The normalized spacial score (nSPS) is 24.2. The summed E-state index contributed by atoms with van der Waals surface area (Å²) in [5.74, 6) is -0.210. The molecule has 3 nitrogen and oxygen atoms in total. The van der Waals surface area contributed by atoms with Gasteiger partial charge in [0.2, 0.25) is 11.8 Å². The van der Waals surface area contributed by atoms with Gasteiger partial charge < -0.3 is 0 Å². The van der Waals surface area contributed by atoms with Crippen LogP contribution in [0, 0.1) is 11.8 Å². The van der Waals surface area contributed by atoms with E-state index in [0.717, 1.165) is 10.0 Å². The molecule has 1 heterocycles. The molecule has 0 saturated carbocycles. The Kier molecular flexibility index (Phi) is 3.85. The van der Waals surface area contributed by atoms with Crippen LogP contribution in [0.25, 0.3) is 0 Å². The third kappa shape index (κ3) is 2.64. The van der Waals surface area contributed by atoms with Gasteiger partial charge in [0.1, 0.15) is 0 Å². The highest BCUT2D eigenvalue weighted by Gasteiger charge is 2.38. The summed E-state index contributed by atoms with van der Waals surface area (Å²) < 4.78 is 0.951. The predicted molar refractivity (Wildman–Crippen MR) is 73.0 cm³/mol. The molecule has 1 saturated heterocycles. The van der Waals surface area contributed by atoms with E-state index < -0.39 is 0 Å². The van der Waals surface area contributed by atoms with Gasteiger partial charge in [0.05, 0.1) is 5.92 Å². The largest absolute Gasteiger partial charge is 0.296 e. The van der Waals surface area contributed by atoms with Crippen LogP contribution in [0.5, 0.6) is 0 Å². The number of rotatable bonds is 2. The lowest BCUT2D eigenvalue weighted by Crippen LogP contribution is -2.45. The Bertz CT molecular complexity index is 484. The maximum atomic E-state index is 12.1. The lowest BCUT2D eigenvalue weighted by atomic mass is 9.74. The number of hydrogen-bond donors (Lipinski definition) is 1. The lowest BCUT2D eigenvalue weighted by molar-refractivity contribution is -0.137. The maximum absolute atomic E-state index is 12.1. The molecule has 1 aliphatic rings. The first-order valence-electron chi connectivity index (χ1n) is 6.08. The van der Waals surface area contributed by atoms with Crippen molar-refractivity contribution in [1.82, 2.24) is 5.32 Å². The van der Waals surface area contributed by atoms with Gasteiger partial charge in [0.25, 0.3) is 0 Å². The first-order chi connectivity index (χ1) is 8.49. The number of carbonyl (C=O) groups is 2. The van der Waals surface area contributed by atoms with Gasteiger partial charge in [-0.25, -0.2) is 0 Å². The Balaban J connectivity index is 2.38. The molecule has 0 spiro atoms. The standard InChI is InChI=1S/C14H16BrNO2/c1-8(2)11-7-12(17)16-14(18)13(11)9-4-3-5-10(15)6-9/h3-6,8,11,13H,7H2,1-2H3,(H,16,17,18). The Morgan fingerprint density at radius 3 is 2.67 bits per heavy atom. The Hall–Kier alpha value is -1.16. The molecule has 96 valence electrons. The molecule has 0 bridgehead atoms. The molecule has 1 fully saturated rings. The number of nitrogens with one attached hydrogen (secondary N) is 1. The van der Waals surface area contributed by atoms with Crippen molar-refractivity contribution in [3.05, 3.63) is 34.3 Å². The fraction of sp³-hybridized carbons (Fsp3) is 0.429. The zero-order valence-electron chi connectivity index (χ0n) is 10.4. The van der Waals surface area contributed by atoms with Crippen LogP contribution in [0.4, 0.5) is 0 Å². The molecular weight excluding hydrogens is 294 g/mol. The molecule has 1 aliphatic heterocycles. The van der Waals surface area contributed by atoms with Crippen LogP contribution in [0.2, 0.25) is 0 Å². The fourth-order valence-electron chi connectivity index (χ4n) is 2.51. The van der Waals surface area contributed by atoms with Crippen molar-refractivity contribution < 1.29 is 9.59 Å². The number of halogens is 1. The number of amides is 2. The highest BCUT2D eigenvalue weighted by atomic mass is 79.9. The van der Waals surface area contributed by atoms with E-state index in [1.807, 2.05) is 24.3 Å². The van der Waals surface area contributed by atoms with E-state index >= 15 is 0 Å². The minimum Gasteiger partial charge on any atom is -0.296 e. The first kappa shape index (κ1) is 13.3. The maximum Gasteiger partial charge on any atom is 0.234 e. The molecule has 2 unspecified atom stereocenters. The van der Waals surface area contributed by atoms with Crippen LogP contribution in [0.15, 0.2) is 28.7 Å². The van der Waals surface area contributed by atoms with Crippen molar-refractivity contribution in [2.24, 2.45) is 11.8 Å². The first-order valence-corrected chi connectivity index (χ1v) is 6.87. The third-order valence-electron chi connectivity index (χ3n) is 3.46. The number of hydrogen-bond acceptors (Lipinski definition) is 2. The topological polar surface area (TPSA) is 46.2 Å². The van der Waals surface area contributed by atoms with Gasteiger partial charge in [0.15, 0.2) is 0 Å². The molecule has 4 heteroatoms. The SMILES string of the molecule is CC(C)C1CC(=O)NC(=O)C1c1cccc(Br)c1. The van der Waals surface area contributed by atoms with Gasteiger partial charge in [-0.15, -0.1) is 0 Å². The van der Waals surface area contributed by atoms with E-state index in [1.165, 1.54) is 0 Å².